The van der Waals surface area contributed by atoms with Crippen molar-refractivity contribution < 1.29 is 58.2 Å². The van der Waals surface area contributed by atoms with Gasteiger partial charge in [-0.1, -0.05) is 58.9 Å². The van der Waals surface area contributed by atoms with Crippen molar-refractivity contribution >= 4 is 46.3 Å². The molecule has 2 aliphatic heterocycles. The van der Waals surface area contributed by atoms with E-state index < -0.39 is 51.8 Å². The van der Waals surface area contributed by atoms with Gasteiger partial charge in [0, 0.05) is 0 Å². The molecule has 18 heteroatoms. The van der Waals surface area contributed by atoms with Gasteiger partial charge in [0.25, 0.3) is 0 Å². The van der Waals surface area contributed by atoms with E-state index in [0.717, 1.165) is 44.8 Å². The number of nitrogens with one attached hydrogen (secondary N) is 1. The Morgan fingerprint density at radius 1 is 0.810 bits per heavy atom. The zero-order valence-corrected chi connectivity index (χ0v) is 46.8. The molecular weight excluding hydrogens is 900 g/mol. The Balaban J connectivity index is 0.000000976. The molecule has 5 atom stereocenters. The first-order chi connectivity index (χ1) is 29.4. The standard InChI is InChI=1S/C27H38O4.C9H21N.2C4H14OSi2.CHF3O3S/c1-5-7-19-13-21(9-11-25(19)30-17-23-15-28-23)27(3,4)22-10-12-26(20(14-22)8-6-2)31-18-24-16-29-24;1-4-7-10(8-5-2)9-6-3;2*1-6(2)5-7(3)4;2-1(3,4)8(5,6)7/h5-6,9,11,13,20,22-24,26H,1-2,7-8,10,12,14-18H2,3-4H3;4-9H2,1-3H3;2*6-7H,1-4H3;(H,5,6,7). The number of quaternary nitrogens is 1. The summed E-state index contributed by atoms with van der Waals surface area (Å²) < 4.78 is 92.9. The highest BCUT2D eigenvalue weighted by Crippen LogP contribution is 2.45. The zero-order valence-electron chi connectivity index (χ0n) is 41.3. The van der Waals surface area contributed by atoms with Crippen LogP contribution in [0.25, 0.3) is 0 Å². The first-order valence-electron chi connectivity index (χ1n) is 23.4. The van der Waals surface area contributed by atoms with Gasteiger partial charge in [0.2, 0.25) is 0 Å². The largest absolute Gasteiger partial charge is 0.741 e. The summed E-state index contributed by atoms with van der Waals surface area (Å²) in [6.45, 7) is 44.4. The number of hydrogen-bond donors (Lipinski definition) is 1. The van der Waals surface area contributed by atoms with Crippen LogP contribution in [-0.2, 0) is 44.4 Å². The van der Waals surface area contributed by atoms with E-state index in [1.165, 1.54) is 62.9 Å². The summed E-state index contributed by atoms with van der Waals surface area (Å²) in [5.74, 6) is 2.10. The van der Waals surface area contributed by atoms with Crippen molar-refractivity contribution in [1.29, 1.82) is 0 Å². The third-order valence-corrected chi connectivity index (χ3v) is 19.8. The molecule has 63 heavy (non-hydrogen) atoms. The summed E-state index contributed by atoms with van der Waals surface area (Å²) in [5.41, 5.74) is -2.97. The maximum Gasteiger partial charge on any atom is 0.485 e. The van der Waals surface area contributed by atoms with Gasteiger partial charge in [0.05, 0.1) is 45.6 Å². The SMILES string of the molecule is C=CCc1cc(C(C)(C)C2CCC(OCC3CO3)C(CC=C)C2)ccc1OCC1CO1.CCC[NH+](CCC)CCC.C[SiH](C)O[SiH](C)C.C[SiH](C)O[SiH](C)C.O=S(=O)([O-])C(F)(F)F. The van der Waals surface area contributed by atoms with E-state index in [1.54, 1.807) is 4.90 Å². The van der Waals surface area contributed by atoms with Crippen LogP contribution < -0.4 is 9.64 Å². The van der Waals surface area contributed by atoms with Gasteiger partial charge >= 0.3 is 5.51 Å². The molecule has 2 heterocycles. The van der Waals surface area contributed by atoms with E-state index in [0.29, 0.717) is 30.7 Å². The Bertz CT molecular complexity index is 1440. The number of halogens is 3. The topological polar surface area (TPSA) is 124 Å². The van der Waals surface area contributed by atoms with Crippen LogP contribution in [0.5, 0.6) is 5.75 Å². The predicted octanol–water partition coefficient (Wildman–Crippen LogP) is 8.34. The molecule has 0 bridgehead atoms. The smallest absolute Gasteiger partial charge is 0.485 e. The molecule has 2 saturated heterocycles. The predicted molar refractivity (Wildman–Crippen MR) is 264 cm³/mol. The van der Waals surface area contributed by atoms with Crippen molar-refractivity contribution in [3.8, 4) is 5.75 Å². The Kier molecular flexibility index (Phi) is 31.9. The van der Waals surface area contributed by atoms with Gasteiger partial charge in [0.15, 0.2) is 46.3 Å². The van der Waals surface area contributed by atoms with E-state index in [2.05, 4.69) is 124 Å². The molecular formula is C45H88F3NO9SSi4. The van der Waals surface area contributed by atoms with Crippen molar-refractivity contribution in [3.05, 3.63) is 54.6 Å². The number of ether oxygens (including phenoxy) is 4. The lowest BCUT2D eigenvalue weighted by Crippen LogP contribution is -3.11. The van der Waals surface area contributed by atoms with Crippen molar-refractivity contribution in [1.82, 2.24) is 0 Å². The molecule has 10 nitrogen and oxygen atoms in total. The minimum absolute atomic E-state index is 0.0814. The number of benzene rings is 1. The van der Waals surface area contributed by atoms with Gasteiger partial charge in [-0.25, -0.2) is 8.42 Å². The van der Waals surface area contributed by atoms with Gasteiger partial charge in [-0.15, -0.1) is 13.2 Å². The Morgan fingerprint density at radius 3 is 1.63 bits per heavy atom. The molecule has 370 valence electrons. The van der Waals surface area contributed by atoms with Crippen LogP contribution in [0.15, 0.2) is 43.5 Å². The van der Waals surface area contributed by atoms with Gasteiger partial charge in [0.1, 0.15) is 24.6 Å². The summed E-state index contributed by atoms with van der Waals surface area (Å²) in [4.78, 5) is 1.78. The average Bonchev–Trinajstić information content (AvgIpc) is 4.10. The van der Waals surface area contributed by atoms with E-state index in [1.807, 2.05) is 6.08 Å². The second-order valence-electron chi connectivity index (χ2n) is 18.3. The van der Waals surface area contributed by atoms with E-state index in [9.17, 15) is 13.2 Å². The fraction of sp³-hybridized carbons (Fsp3) is 0.778. The van der Waals surface area contributed by atoms with Crippen molar-refractivity contribution in [2.75, 3.05) is 46.1 Å². The minimum atomic E-state index is -6.09. The van der Waals surface area contributed by atoms with E-state index in [4.69, 9.17) is 40.1 Å². The summed E-state index contributed by atoms with van der Waals surface area (Å²) >= 11 is 0. The van der Waals surface area contributed by atoms with Crippen LogP contribution in [0.4, 0.5) is 13.2 Å². The summed E-state index contributed by atoms with van der Waals surface area (Å²) in [6.07, 6.45) is 14.2. The molecule has 3 aliphatic rings. The molecule has 4 rings (SSSR count). The molecule has 1 N–H and O–H groups in total. The molecule has 1 aliphatic carbocycles. The summed E-state index contributed by atoms with van der Waals surface area (Å²) in [7, 11) is -8.76. The molecule has 1 aromatic rings. The molecule has 1 aromatic carbocycles. The molecule has 5 unspecified atom stereocenters. The maximum absolute atomic E-state index is 10.7. The van der Waals surface area contributed by atoms with Crippen LogP contribution in [-0.4, -0.2) is 119 Å². The van der Waals surface area contributed by atoms with Gasteiger partial charge in [-0.3, -0.25) is 0 Å². The molecule has 0 amide bonds. The number of epoxide rings is 2. The van der Waals surface area contributed by atoms with Crippen molar-refractivity contribution in [2.24, 2.45) is 11.8 Å². The fourth-order valence-electron chi connectivity index (χ4n) is 7.51. The Morgan fingerprint density at radius 2 is 1.27 bits per heavy atom. The lowest BCUT2D eigenvalue weighted by Gasteiger charge is -2.43. The van der Waals surface area contributed by atoms with Crippen molar-refractivity contribution in [2.45, 2.75) is 168 Å². The zero-order chi connectivity index (χ0) is 48.4. The highest BCUT2D eigenvalue weighted by Gasteiger charge is 2.40. The normalized spacial score (nSPS) is 20.7. The van der Waals surface area contributed by atoms with Crippen LogP contribution in [0, 0.1) is 11.8 Å². The van der Waals surface area contributed by atoms with Crippen LogP contribution in [0.3, 0.4) is 0 Å². The van der Waals surface area contributed by atoms with E-state index in [-0.39, 0.29) is 11.5 Å². The third-order valence-electron chi connectivity index (χ3n) is 10.5. The first kappa shape index (κ1) is 61.8. The number of rotatable bonds is 22. The van der Waals surface area contributed by atoms with Crippen LogP contribution >= 0.6 is 0 Å². The molecule has 3 fully saturated rings. The van der Waals surface area contributed by atoms with Crippen molar-refractivity contribution in [3.63, 3.8) is 0 Å². The molecule has 0 radical (unpaired) electrons. The van der Waals surface area contributed by atoms with Gasteiger partial charge < -0.3 is 36.6 Å². The second kappa shape index (κ2) is 32.5. The maximum atomic E-state index is 10.7. The van der Waals surface area contributed by atoms with Crippen LogP contribution in [0.1, 0.15) is 90.7 Å². The Hall–Kier alpha value is -1.17. The lowest BCUT2D eigenvalue weighted by atomic mass is 9.64. The Labute approximate surface area is 388 Å². The van der Waals surface area contributed by atoms with Crippen LogP contribution in [0.2, 0.25) is 52.4 Å². The van der Waals surface area contributed by atoms with E-state index >= 15 is 0 Å². The highest BCUT2D eigenvalue weighted by molar-refractivity contribution is 7.86. The molecule has 0 spiro atoms. The summed E-state index contributed by atoms with van der Waals surface area (Å²) in [6, 6.07) is 6.73. The number of hydrogen-bond acceptors (Lipinski definition) is 9. The van der Waals surface area contributed by atoms with Gasteiger partial charge in [-0.2, -0.15) is 13.2 Å². The highest BCUT2D eigenvalue weighted by atomic mass is 32.2. The first-order valence-corrected chi connectivity index (χ1v) is 35.9. The molecule has 1 saturated carbocycles. The number of allylic oxidation sites excluding steroid dienone is 2. The quantitative estimate of drug-likeness (QED) is 0.0402. The summed E-state index contributed by atoms with van der Waals surface area (Å²) in [5, 5.41) is 0. The third kappa shape index (κ3) is 29.3. The average molecular weight is 989 g/mol. The second-order valence-corrected chi connectivity index (χ2v) is 30.2. The lowest BCUT2D eigenvalue weighted by molar-refractivity contribution is -0.900. The monoisotopic (exact) mass is 988 g/mol. The molecule has 0 aromatic heterocycles. The minimum Gasteiger partial charge on any atom is -0.741 e. The van der Waals surface area contributed by atoms with Gasteiger partial charge in [-0.05, 0) is 138 Å². The number of alkyl halides is 3. The fourth-order valence-corrected chi connectivity index (χ4v) is 16.2.